The summed E-state index contributed by atoms with van der Waals surface area (Å²) in [4.78, 5) is 25.0. The molecule has 0 radical (unpaired) electrons. The molecular weight excluding hydrogens is 326 g/mol. The largest absolute Gasteiger partial charge is 0.480 e. The zero-order chi connectivity index (χ0) is 18.1. The van der Waals surface area contributed by atoms with Crippen LogP contribution in [0.1, 0.15) is 54.0 Å². The van der Waals surface area contributed by atoms with Crippen molar-refractivity contribution in [3.63, 3.8) is 0 Å². The van der Waals surface area contributed by atoms with Crippen LogP contribution in [0.25, 0.3) is 0 Å². The number of hydrogen-bond donors (Lipinski definition) is 2. The van der Waals surface area contributed by atoms with Crippen molar-refractivity contribution in [3.05, 3.63) is 70.8 Å². The van der Waals surface area contributed by atoms with Gasteiger partial charge in [-0.2, -0.15) is 0 Å². The smallest absolute Gasteiger partial charge is 0.319 e. The quantitative estimate of drug-likeness (QED) is 0.832. The van der Waals surface area contributed by atoms with E-state index in [-0.39, 0.29) is 11.9 Å². The highest BCUT2D eigenvalue weighted by Crippen LogP contribution is 2.40. The van der Waals surface area contributed by atoms with E-state index in [4.69, 9.17) is 0 Å². The Morgan fingerprint density at radius 2 is 1.38 bits per heavy atom. The highest BCUT2D eigenvalue weighted by Gasteiger charge is 2.49. The normalized spacial score (nSPS) is 18.5. The van der Waals surface area contributed by atoms with E-state index in [9.17, 15) is 14.7 Å². The Kier molecular flexibility index (Phi) is 4.27. The second-order valence-electron chi connectivity index (χ2n) is 7.40. The molecule has 2 aromatic carbocycles. The van der Waals surface area contributed by atoms with Crippen LogP contribution in [0.2, 0.25) is 0 Å². The first-order valence-electron chi connectivity index (χ1n) is 9.32. The van der Waals surface area contributed by atoms with E-state index >= 15 is 0 Å². The van der Waals surface area contributed by atoms with Crippen molar-refractivity contribution in [1.29, 1.82) is 0 Å². The molecule has 2 aliphatic carbocycles. The Balaban J connectivity index is 1.76. The molecule has 2 aliphatic rings. The number of aliphatic carboxylic acids is 1. The number of carboxylic acids is 1. The molecule has 1 saturated carbocycles. The second kappa shape index (κ2) is 6.60. The molecule has 4 heteroatoms. The Morgan fingerprint density at radius 1 is 0.885 bits per heavy atom. The lowest BCUT2D eigenvalue weighted by Crippen LogP contribution is -2.46. The van der Waals surface area contributed by atoms with E-state index in [1.54, 1.807) is 0 Å². The lowest BCUT2D eigenvalue weighted by atomic mass is 9.84. The third-order valence-electron chi connectivity index (χ3n) is 5.97. The van der Waals surface area contributed by atoms with Crippen LogP contribution in [-0.2, 0) is 22.4 Å². The lowest BCUT2D eigenvalue weighted by molar-refractivity contribution is -0.155. The first-order valence-corrected chi connectivity index (χ1v) is 9.32. The summed E-state index contributed by atoms with van der Waals surface area (Å²) < 4.78 is 0. The number of amides is 1. The van der Waals surface area contributed by atoms with Gasteiger partial charge in [-0.05, 0) is 47.9 Å². The number of carbonyl (C=O) groups is 2. The maximum Gasteiger partial charge on any atom is 0.319 e. The minimum atomic E-state index is -1.28. The van der Waals surface area contributed by atoms with Crippen molar-refractivity contribution >= 4 is 11.9 Å². The van der Waals surface area contributed by atoms with Gasteiger partial charge in [-0.15, -0.1) is 0 Å². The zero-order valence-electron chi connectivity index (χ0n) is 14.7. The molecule has 4 nitrogen and oxygen atoms in total. The summed E-state index contributed by atoms with van der Waals surface area (Å²) in [5, 5.41) is 12.9. The summed E-state index contributed by atoms with van der Waals surface area (Å²) in [7, 11) is 0. The summed E-state index contributed by atoms with van der Waals surface area (Å²) in [5.41, 5.74) is 3.29. The minimum absolute atomic E-state index is 0.297. The Morgan fingerprint density at radius 3 is 1.88 bits per heavy atom. The van der Waals surface area contributed by atoms with Gasteiger partial charge in [-0.3, -0.25) is 9.59 Å². The van der Waals surface area contributed by atoms with E-state index in [1.807, 2.05) is 36.4 Å². The maximum absolute atomic E-state index is 13.1. The molecular formula is C22H23NO3. The van der Waals surface area contributed by atoms with Gasteiger partial charge in [0.25, 0.3) is 0 Å². The van der Waals surface area contributed by atoms with E-state index in [2.05, 4.69) is 17.4 Å². The average molecular weight is 349 g/mol. The highest BCUT2D eigenvalue weighted by atomic mass is 16.4. The first kappa shape index (κ1) is 16.8. The van der Waals surface area contributed by atoms with Gasteiger partial charge in [0.1, 0.15) is 5.41 Å². The first-order chi connectivity index (χ1) is 12.6. The van der Waals surface area contributed by atoms with Gasteiger partial charge in [0.05, 0.1) is 6.04 Å². The molecule has 0 spiro atoms. The van der Waals surface area contributed by atoms with Gasteiger partial charge >= 0.3 is 5.97 Å². The highest BCUT2D eigenvalue weighted by molar-refractivity contribution is 6.02. The number of rotatable bonds is 3. The monoisotopic (exact) mass is 349 g/mol. The van der Waals surface area contributed by atoms with Gasteiger partial charge in [-0.1, -0.05) is 61.4 Å². The van der Waals surface area contributed by atoms with Crippen LogP contribution < -0.4 is 5.32 Å². The molecule has 0 bridgehead atoms. The summed E-state index contributed by atoms with van der Waals surface area (Å²) in [6, 6.07) is 16.0. The summed E-state index contributed by atoms with van der Waals surface area (Å²) >= 11 is 0. The van der Waals surface area contributed by atoms with Gasteiger partial charge in [0.15, 0.2) is 0 Å². The molecule has 0 aromatic heterocycles. The van der Waals surface area contributed by atoms with Crippen LogP contribution in [0.5, 0.6) is 0 Å². The maximum atomic E-state index is 13.1. The van der Waals surface area contributed by atoms with Crippen LogP contribution in [-0.4, -0.2) is 17.0 Å². The summed E-state index contributed by atoms with van der Waals surface area (Å²) in [6.07, 6.45) is 4.26. The molecule has 2 N–H and O–H groups in total. The van der Waals surface area contributed by atoms with Crippen molar-refractivity contribution in [2.75, 3.05) is 0 Å². The van der Waals surface area contributed by atoms with Gasteiger partial charge in [0.2, 0.25) is 5.91 Å². The SMILES string of the molecule is O=C(O)C1(C(=O)NC2c3ccccc3CCc3ccccc32)CCCC1. The van der Waals surface area contributed by atoms with Crippen LogP contribution in [0.15, 0.2) is 48.5 Å². The summed E-state index contributed by atoms with van der Waals surface area (Å²) in [6.45, 7) is 0. The molecule has 4 rings (SSSR count). The molecule has 26 heavy (non-hydrogen) atoms. The summed E-state index contributed by atoms with van der Waals surface area (Å²) in [5.74, 6) is -1.35. The molecule has 0 aliphatic heterocycles. The number of benzene rings is 2. The van der Waals surface area contributed by atoms with E-state index in [0.717, 1.165) is 36.8 Å². The molecule has 134 valence electrons. The minimum Gasteiger partial charge on any atom is -0.480 e. The molecule has 1 amide bonds. The number of aryl methyl sites for hydroxylation is 2. The number of carboxylic acid groups (broad SMARTS) is 1. The predicted molar refractivity (Wildman–Crippen MR) is 98.8 cm³/mol. The van der Waals surface area contributed by atoms with Crippen molar-refractivity contribution in [3.8, 4) is 0 Å². The molecule has 1 fully saturated rings. The fourth-order valence-corrected chi connectivity index (χ4v) is 4.47. The van der Waals surface area contributed by atoms with Crippen molar-refractivity contribution in [2.45, 2.75) is 44.6 Å². The number of hydrogen-bond acceptors (Lipinski definition) is 2. The lowest BCUT2D eigenvalue weighted by Gasteiger charge is -2.28. The Bertz CT molecular complexity index is 804. The van der Waals surface area contributed by atoms with Crippen LogP contribution >= 0.6 is 0 Å². The predicted octanol–water partition coefficient (Wildman–Crippen LogP) is 3.64. The van der Waals surface area contributed by atoms with Crippen molar-refractivity contribution in [1.82, 2.24) is 5.32 Å². The molecule has 2 aromatic rings. The average Bonchev–Trinajstić information content (AvgIpc) is 3.11. The van der Waals surface area contributed by atoms with Gasteiger partial charge in [0, 0.05) is 0 Å². The van der Waals surface area contributed by atoms with Crippen LogP contribution in [0.4, 0.5) is 0 Å². The Labute approximate surface area is 153 Å². The van der Waals surface area contributed by atoms with E-state index in [1.165, 1.54) is 11.1 Å². The third-order valence-corrected chi connectivity index (χ3v) is 5.97. The molecule has 0 unspecified atom stereocenters. The van der Waals surface area contributed by atoms with Crippen LogP contribution in [0.3, 0.4) is 0 Å². The molecule has 0 atom stereocenters. The number of fused-ring (bicyclic) bond motifs is 2. The standard InChI is InChI=1S/C22H23NO3/c24-20(22(21(25)26)13-5-6-14-22)23-19-17-9-3-1-7-15(17)11-12-16-8-2-4-10-18(16)19/h1-4,7-10,19H,5-6,11-14H2,(H,23,24)(H,25,26). The topological polar surface area (TPSA) is 66.4 Å². The van der Waals surface area contributed by atoms with Crippen molar-refractivity contribution in [2.24, 2.45) is 5.41 Å². The van der Waals surface area contributed by atoms with E-state index in [0.29, 0.717) is 12.8 Å². The Hall–Kier alpha value is -2.62. The van der Waals surface area contributed by atoms with Gasteiger partial charge in [-0.25, -0.2) is 0 Å². The number of nitrogens with one attached hydrogen (secondary N) is 1. The zero-order valence-corrected chi connectivity index (χ0v) is 14.7. The molecule has 0 heterocycles. The fourth-order valence-electron chi connectivity index (χ4n) is 4.47. The number of carbonyl (C=O) groups excluding carboxylic acids is 1. The third kappa shape index (κ3) is 2.70. The fraction of sp³-hybridized carbons (Fsp3) is 0.364. The molecule has 0 saturated heterocycles. The van der Waals surface area contributed by atoms with Gasteiger partial charge < -0.3 is 10.4 Å². The van der Waals surface area contributed by atoms with E-state index < -0.39 is 11.4 Å². The van der Waals surface area contributed by atoms with Crippen molar-refractivity contribution < 1.29 is 14.7 Å². The second-order valence-corrected chi connectivity index (χ2v) is 7.40. The van der Waals surface area contributed by atoms with Crippen LogP contribution in [0, 0.1) is 5.41 Å².